The Labute approximate surface area is 131 Å². The van der Waals surface area contributed by atoms with Gasteiger partial charge in [0.15, 0.2) is 0 Å². The van der Waals surface area contributed by atoms with E-state index in [9.17, 15) is 26.4 Å². The number of nitrogens with zero attached hydrogens (tertiary/aromatic N) is 2. The SMILES string of the molecule is CCC1CC=NN1C(=O)NS(=O)(=O)c1ccccc1C(F)(F)F. The molecule has 1 aromatic rings. The molecular formula is C13H14F3N3O3S. The van der Waals surface area contributed by atoms with Gasteiger partial charge in [0.2, 0.25) is 0 Å². The van der Waals surface area contributed by atoms with E-state index in [0.29, 0.717) is 18.9 Å². The van der Waals surface area contributed by atoms with Crippen LogP contribution in [0.15, 0.2) is 34.3 Å². The third-order valence-electron chi connectivity index (χ3n) is 3.31. The fraction of sp³-hybridized carbons (Fsp3) is 0.385. The predicted molar refractivity (Wildman–Crippen MR) is 76.2 cm³/mol. The van der Waals surface area contributed by atoms with E-state index in [-0.39, 0.29) is 6.04 Å². The minimum Gasteiger partial charge on any atom is -0.246 e. The van der Waals surface area contributed by atoms with Gasteiger partial charge in [-0.25, -0.2) is 22.9 Å². The van der Waals surface area contributed by atoms with Gasteiger partial charge in [-0.2, -0.15) is 18.3 Å². The molecular weight excluding hydrogens is 335 g/mol. The van der Waals surface area contributed by atoms with Gasteiger partial charge in [0.1, 0.15) is 0 Å². The lowest BCUT2D eigenvalue weighted by Crippen LogP contribution is -2.43. The first-order chi connectivity index (χ1) is 10.7. The molecule has 126 valence electrons. The number of halogens is 3. The molecule has 1 unspecified atom stereocenters. The summed E-state index contributed by atoms with van der Waals surface area (Å²) in [6, 6.07) is 2.26. The largest absolute Gasteiger partial charge is 0.417 e. The predicted octanol–water partition coefficient (Wildman–Crippen LogP) is 2.57. The van der Waals surface area contributed by atoms with Gasteiger partial charge in [-0.3, -0.25) is 0 Å². The van der Waals surface area contributed by atoms with Gasteiger partial charge in [0.25, 0.3) is 10.0 Å². The normalized spacial score (nSPS) is 18.3. The van der Waals surface area contributed by atoms with Crippen molar-refractivity contribution in [3.8, 4) is 0 Å². The summed E-state index contributed by atoms with van der Waals surface area (Å²) in [6.07, 6.45) is -2.41. The first-order valence-corrected chi connectivity index (χ1v) is 8.20. The summed E-state index contributed by atoms with van der Waals surface area (Å²) in [6.45, 7) is 1.78. The number of amides is 2. The molecule has 0 saturated heterocycles. The van der Waals surface area contributed by atoms with Gasteiger partial charge >= 0.3 is 12.2 Å². The summed E-state index contributed by atoms with van der Waals surface area (Å²) >= 11 is 0. The molecule has 0 bridgehead atoms. The van der Waals surface area contributed by atoms with E-state index in [1.165, 1.54) is 6.21 Å². The average Bonchev–Trinajstić information content (AvgIpc) is 2.94. The molecule has 2 amide bonds. The van der Waals surface area contributed by atoms with Crippen LogP contribution in [0.25, 0.3) is 0 Å². The Morgan fingerprint density at radius 2 is 2.04 bits per heavy atom. The zero-order chi connectivity index (χ0) is 17.3. The molecule has 0 aromatic heterocycles. The maximum absolute atomic E-state index is 12.9. The van der Waals surface area contributed by atoms with Crippen LogP contribution in [-0.4, -0.2) is 31.7 Å². The number of urea groups is 1. The summed E-state index contributed by atoms with van der Waals surface area (Å²) in [5, 5.41) is 4.67. The Kier molecular flexibility index (Phi) is 4.64. The van der Waals surface area contributed by atoms with Gasteiger partial charge in [-0.05, 0) is 18.6 Å². The molecule has 1 aromatic carbocycles. The van der Waals surface area contributed by atoms with E-state index in [1.807, 2.05) is 0 Å². The average molecular weight is 349 g/mol. The van der Waals surface area contributed by atoms with Crippen LogP contribution < -0.4 is 4.72 Å². The highest BCUT2D eigenvalue weighted by molar-refractivity contribution is 7.90. The molecule has 0 saturated carbocycles. The molecule has 0 aliphatic carbocycles. The fourth-order valence-electron chi connectivity index (χ4n) is 2.16. The quantitative estimate of drug-likeness (QED) is 0.911. The molecule has 0 spiro atoms. The van der Waals surface area contributed by atoms with Crippen LogP contribution in [0.1, 0.15) is 25.3 Å². The molecule has 0 fully saturated rings. The van der Waals surface area contributed by atoms with E-state index in [4.69, 9.17) is 0 Å². The van der Waals surface area contributed by atoms with Crippen molar-refractivity contribution in [2.75, 3.05) is 0 Å². The minimum atomic E-state index is -4.86. The molecule has 10 heteroatoms. The Morgan fingerprint density at radius 1 is 1.39 bits per heavy atom. The number of sulfonamides is 1. The third-order valence-corrected chi connectivity index (χ3v) is 4.69. The number of alkyl halides is 3. The summed E-state index contributed by atoms with van der Waals surface area (Å²) < 4.78 is 64.7. The lowest BCUT2D eigenvalue weighted by molar-refractivity contribution is -0.139. The van der Waals surface area contributed by atoms with Crippen molar-refractivity contribution >= 4 is 22.3 Å². The second-order valence-electron chi connectivity index (χ2n) is 4.84. The van der Waals surface area contributed by atoms with E-state index < -0.39 is 32.7 Å². The van der Waals surface area contributed by atoms with Crippen molar-refractivity contribution < 1.29 is 26.4 Å². The Bertz CT molecular complexity index is 731. The van der Waals surface area contributed by atoms with Gasteiger partial charge in [0, 0.05) is 12.6 Å². The highest BCUT2D eigenvalue weighted by atomic mass is 32.2. The second kappa shape index (κ2) is 6.19. The Balaban J connectivity index is 2.30. The number of hydrogen-bond acceptors (Lipinski definition) is 4. The first kappa shape index (κ1) is 17.3. The van der Waals surface area contributed by atoms with Gasteiger partial charge in [-0.15, -0.1) is 0 Å². The maximum atomic E-state index is 12.9. The number of hydrazone groups is 1. The highest BCUT2D eigenvalue weighted by Gasteiger charge is 2.38. The van der Waals surface area contributed by atoms with Crippen molar-refractivity contribution in [3.63, 3.8) is 0 Å². The zero-order valence-corrected chi connectivity index (χ0v) is 12.9. The molecule has 6 nitrogen and oxygen atoms in total. The monoisotopic (exact) mass is 349 g/mol. The number of carbonyl (C=O) groups is 1. The van der Waals surface area contributed by atoms with Gasteiger partial charge < -0.3 is 0 Å². The van der Waals surface area contributed by atoms with E-state index in [2.05, 4.69) is 5.10 Å². The van der Waals surface area contributed by atoms with Crippen molar-refractivity contribution in [2.45, 2.75) is 36.9 Å². The third kappa shape index (κ3) is 3.63. The number of rotatable bonds is 3. The molecule has 1 N–H and O–H groups in total. The van der Waals surface area contributed by atoms with Crippen molar-refractivity contribution in [3.05, 3.63) is 29.8 Å². The highest BCUT2D eigenvalue weighted by Crippen LogP contribution is 2.33. The summed E-state index contributed by atoms with van der Waals surface area (Å²) in [5.74, 6) is 0. The number of nitrogens with one attached hydrogen (secondary N) is 1. The van der Waals surface area contributed by atoms with Gasteiger partial charge in [-0.1, -0.05) is 19.1 Å². The molecule has 0 radical (unpaired) electrons. The zero-order valence-electron chi connectivity index (χ0n) is 12.0. The first-order valence-electron chi connectivity index (χ1n) is 6.71. The molecule has 1 atom stereocenters. The van der Waals surface area contributed by atoms with Crippen LogP contribution in [0.3, 0.4) is 0 Å². The molecule has 2 rings (SSSR count). The minimum absolute atomic E-state index is 0.317. The van der Waals surface area contributed by atoms with Crippen LogP contribution in [-0.2, 0) is 16.2 Å². The number of carbonyl (C=O) groups excluding carboxylic acids is 1. The van der Waals surface area contributed by atoms with E-state index in [0.717, 1.165) is 23.2 Å². The van der Waals surface area contributed by atoms with Gasteiger partial charge in [0.05, 0.1) is 16.5 Å². The van der Waals surface area contributed by atoms with Crippen LogP contribution in [0.4, 0.5) is 18.0 Å². The Morgan fingerprint density at radius 3 is 2.65 bits per heavy atom. The van der Waals surface area contributed by atoms with Crippen molar-refractivity contribution in [1.29, 1.82) is 0 Å². The van der Waals surface area contributed by atoms with Crippen LogP contribution in [0.5, 0.6) is 0 Å². The lowest BCUT2D eigenvalue weighted by Gasteiger charge is -2.21. The fourth-order valence-corrected chi connectivity index (χ4v) is 3.33. The Hall–Kier alpha value is -2.10. The van der Waals surface area contributed by atoms with Crippen molar-refractivity contribution in [2.24, 2.45) is 5.10 Å². The summed E-state index contributed by atoms with van der Waals surface area (Å²) in [4.78, 5) is 11.0. The molecule has 1 aliphatic heterocycles. The smallest absolute Gasteiger partial charge is 0.246 e. The van der Waals surface area contributed by atoms with Crippen LogP contribution >= 0.6 is 0 Å². The van der Waals surface area contributed by atoms with Crippen molar-refractivity contribution in [1.82, 2.24) is 9.73 Å². The summed E-state index contributed by atoms with van der Waals surface area (Å²) in [7, 11) is -4.68. The second-order valence-corrected chi connectivity index (χ2v) is 6.50. The van der Waals surface area contributed by atoms with E-state index >= 15 is 0 Å². The molecule has 23 heavy (non-hydrogen) atoms. The number of hydrogen-bond donors (Lipinski definition) is 1. The number of benzene rings is 1. The summed E-state index contributed by atoms with van der Waals surface area (Å²) in [5.41, 5.74) is -1.34. The standard InChI is InChI=1S/C13H14F3N3O3S/c1-2-9-7-8-17-19(9)12(20)18-23(21,22)11-6-4-3-5-10(11)13(14,15)16/h3-6,8-9H,2,7H2,1H3,(H,18,20). The molecule has 1 aliphatic rings. The van der Waals surface area contributed by atoms with Crippen LogP contribution in [0.2, 0.25) is 0 Å². The maximum Gasteiger partial charge on any atom is 0.417 e. The molecule has 1 heterocycles. The van der Waals surface area contributed by atoms with Crippen LogP contribution in [0, 0.1) is 0 Å². The van der Waals surface area contributed by atoms with E-state index in [1.54, 1.807) is 11.6 Å². The topological polar surface area (TPSA) is 78.8 Å². The lowest BCUT2D eigenvalue weighted by atomic mass is 10.2.